The van der Waals surface area contributed by atoms with Crippen LogP contribution < -0.4 is 0 Å². The molecule has 0 heterocycles. The number of hydrogen-bond acceptors (Lipinski definition) is 1. The molecule has 0 amide bonds. The molecule has 3 unspecified atom stereocenters. The van der Waals surface area contributed by atoms with Gasteiger partial charge in [0, 0.05) is 6.54 Å². The molecular weight excluding hydrogens is 158 g/mol. The van der Waals surface area contributed by atoms with Crippen molar-refractivity contribution in [1.29, 1.82) is 0 Å². The average molecular weight is 183 g/mol. The molecule has 1 rings (SSSR count). The van der Waals surface area contributed by atoms with Crippen LogP contribution in [0.4, 0.5) is 0 Å². The molecule has 0 aromatic heterocycles. The molecule has 0 saturated heterocycles. The van der Waals surface area contributed by atoms with Gasteiger partial charge in [0.1, 0.15) is 0 Å². The summed E-state index contributed by atoms with van der Waals surface area (Å²) in [5.41, 5.74) is 0. The van der Waals surface area contributed by atoms with Crippen LogP contribution in [0.25, 0.3) is 0 Å². The van der Waals surface area contributed by atoms with E-state index < -0.39 is 0 Å². The molecule has 1 saturated carbocycles. The summed E-state index contributed by atoms with van der Waals surface area (Å²) in [5, 5.41) is 0. The fourth-order valence-electron chi connectivity index (χ4n) is 2.94. The highest BCUT2D eigenvalue weighted by molar-refractivity contribution is 4.84. The molecule has 0 aromatic carbocycles. The quantitative estimate of drug-likeness (QED) is 0.650. The summed E-state index contributed by atoms with van der Waals surface area (Å²) in [6, 6.07) is 0. The molecule has 1 heteroatoms. The Labute approximate surface area is 83.5 Å². The molecule has 1 nitrogen and oxygen atoms in total. The lowest BCUT2D eigenvalue weighted by Gasteiger charge is -2.25. The van der Waals surface area contributed by atoms with Crippen LogP contribution in [0.3, 0.4) is 0 Å². The summed E-state index contributed by atoms with van der Waals surface area (Å²) in [7, 11) is 4.39. The molecule has 3 atom stereocenters. The second-order valence-electron chi connectivity index (χ2n) is 5.51. The van der Waals surface area contributed by atoms with E-state index in [0.29, 0.717) is 0 Å². The predicted molar refractivity (Wildman–Crippen MR) is 58.8 cm³/mol. The van der Waals surface area contributed by atoms with Gasteiger partial charge in [0.2, 0.25) is 0 Å². The highest BCUT2D eigenvalue weighted by Gasteiger charge is 2.33. The summed E-state index contributed by atoms with van der Waals surface area (Å²) < 4.78 is 0. The van der Waals surface area contributed by atoms with Gasteiger partial charge in [0.25, 0.3) is 0 Å². The van der Waals surface area contributed by atoms with Gasteiger partial charge in [-0.15, -0.1) is 0 Å². The summed E-state index contributed by atoms with van der Waals surface area (Å²) >= 11 is 0. The Morgan fingerprint density at radius 3 is 2.31 bits per heavy atom. The number of rotatable bonds is 3. The van der Waals surface area contributed by atoms with Gasteiger partial charge in [0.15, 0.2) is 0 Å². The molecule has 0 spiro atoms. The fourth-order valence-corrected chi connectivity index (χ4v) is 2.94. The maximum atomic E-state index is 2.41. The first-order chi connectivity index (χ1) is 6.00. The maximum absolute atomic E-state index is 2.41. The van der Waals surface area contributed by atoms with Gasteiger partial charge in [-0.2, -0.15) is 0 Å². The minimum atomic E-state index is 0.870. The zero-order valence-corrected chi connectivity index (χ0v) is 9.88. The second-order valence-corrected chi connectivity index (χ2v) is 5.51. The maximum Gasteiger partial charge on any atom is 0.000641 e. The first kappa shape index (κ1) is 11.0. The molecule has 78 valence electrons. The Morgan fingerprint density at radius 2 is 1.85 bits per heavy atom. The van der Waals surface area contributed by atoms with E-state index in [9.17, 15) is 0 Å². The van der Waals surface area contributed by atoms with Gasteiger partial charge in [0.05, 0.1) is 0 Å². The average Bonchev–Trinajstić information content (AvgIpc) is 2.29. The molecule has 1 aliphatic rings. The summed E-state index contributed by atoms with van der Waals surface area (Å²) in [4.78, 5) is 2.35. The van der Waals surface area contributed by atoms with Gasteiger partial charge < -0.3 is 4.90 Å². The van der Waals surface area contributed by atoms with E-state index in [1.165, 1.54) is 19.4 Å². The Bertz CT molecular complexity index is 151. The Balaban J connectivity index is 2.50. The highest BCUT2D eigenvalue weighted by atomic mass is 15.1. The van der Waals surface area contributed by atoms with Crippen molar-refractivity contribution in [2.45, 2.75) is 33.6 Å². The van der Waals surface area contributed by atoms with E-state index >= 15 is 0 Å². The third-order valence-corrected chi connectivity index (χ3v) is 3.44. The lowest BCUT2D eigenvalue weighted by Crippen LogP contribution is -2.26. The van der Waals surface area contributed by atoms with Crippen LogP contribution in [-0.2, 0) is 0 Å². The fraction of sp³-hybridized carbons (Fsp3) is 1.00. The standard InChI is InChI=1S/C12H25N/c1-9(2)12-7-10(3)6-11(12)8-13(4)5/h9-12H,6-8H2,1-5H3. The molecule has 1 aliphatic carbocycles. The van der Waals surface area contributed by atoms with Gasteiger partial charge in [-0.25, -0.2) is 0 Å². The van der Waals surface area contributed by atoms with Gasteiger partial charge in [-0.1, -0.05) is 20.8 Å². The number of hydrogen-bond donors (Lipinski definition) is 0. The zero-order valence-electron chi connectivity index (χ0n) is 9.88. The van der Waals surface area contributed by atoms with E-state index in [-0.39, 0.29) is 0 Å². The molecule has 13 heavy (non-hydrogen) atoms. The van der Waals surface area contributed by atoms with Crippen LogP contribution >= 0.6 is 0 Å². The monoisotopic (exact) mass is 183 g/mol. The van der Waals surface area contributed by atoms with Crippen molar-refractivity contribution >= 4 is 0 Å². The molecule has 0 N–H and O–H groups in total. The first-order valence-corrected chi connectivity index (χ1v) is 5.65. The molecule has 1 fully saturated rings. The molecule has 0 aliphatic heterocycles. The van der Waals surface area contributed by atoms with Crippen LogP contribution in [0.2, 0.25) is 0 Å². The van der Waals surface area contributed by atoms with E-state index in [1.54, 1.807) is 0 Å². The Morgan fingerprint density at radius 1 is 1.23 bits per heavy atom. The van der Waals surface area contributed by atoms with Crippen molar-refractivity contribution in [1.82, 2.24) is 4.90 Å². The molecule has 0 aromatic rings. The normalized spacial score (nSPS) is 34.8. The smallest absolute Gasteiger partial charge is 0.000641 e. The topological polar surface area (TPSA) is 3.24 Å². The second kappa shape index (κ2) is 4.45. The molecule has 0 bridgehead atoms. The summed E-state index contributed by atoms with van der Waals surface area (Å²) in [5.74, 6) is 3.75. The van der Waals surface area contributed by atoms with Crippen molar-refractivity contribution in [3.8, 4) is 0 Å². The summed E-state index contributed by atoms with van der Waals surface area (Å²) in [6.07, 6.45) is 2.90. The van der Waals surface area contributed by atoms with E-state index in [4.69, 9.17) is 0 Å². The van der Waals surface area contributed by atoms with Gasteiger partial charge in [-0.05, 0) is 50.6 Å². The molecule has 0 radical (unpaired) electrons. The minimum Gasteiger partial charge on any atom is -0.309 e. The third kappa shape index (κ3) is 2.98. The van der Waals surface area contributed by atoms with E-state index in [2.05, 4.69) is 39.8 Å². The van der Waals surface area contributed by atoms with Crippen LogP contribution in [-0.4, -0.2) is 25.5 Å². The van der Waals surface area contributed by atoms with Crippen LogP contribution in [0.15, 0.2) is 0 Å². The van der Waals surface area contributed by atoms with E-state index in [0.717, 1.165) is 23.7 Å². The lowest BCUT2D eigenvalue weighted by molar-refractivity contribution is 0.231. The zero-order chi connectivity index (χ0) is 10.0. The third-order valence-electron chi connectivity index (χ3n) is 3.44. The van der Waals surface area contributed by atoms with Crippen molar-refractivity contribution in [3.05, 3.63) is 0 Å². The lowest BCUT2D eigenvalue weighted by atomic mass is 9.86. The van der Waals surface area contributed by atoms with Crippen molar-refractivity contribution in [2.24, 2.45) is 23.7 Å². The minimum absolute atomic E-state index is 0.870. The number of nitrogens with zero attached hydrogens (tertiary/aromatic N) is 1. The van der Waals surface area contributed by atoms with Crippen LogP contribution in [0.5, 0.6) is 0 Å². The van der Waals surface area contributed by atoms with Crippen LogP contribution in [0.1, 0.15) is 33.6 Å². The van der Waals surface area contributed by atoms with E-state index in [1.807, 2.05) is 0 Å². The SMILES string of the molecule is CC1CC(CN(C)C)C(C(C)C)C1. The van der Waals surface area contributed by atoms with Crippen LogP contribution in [0, 0.1) is 23.7 Å². The largest absolute Gasteiger partial charge is 0.309 e. The van der Waals surface area contributed by atoms with Gasteiger partial charge >= 0.3 is 0 Å². The predicted octanol–water partition coefficient (Wildman–Crippen LogP) is 2.87. The first-order valence-electron chi connectivity index (χ1n) is 5.65. The highest BCUT2D eigenvalue weighted by Crippen LogP contribution is 2.40. The van der Waals surface area contributed by atoms with Crippen molar-refractivity contribution in [3.63, 3.8) is 0 Å². The Hall–Kier alpha value is -0.0400. The van der Waals surface area contributed by atoms with Crippen molar-refractivity contribution in [2.75, 3.05) is 20.6 Å². The molecular formula is C12H25N. The summed E-state index contributed by atoms with van der Waals surface area (Å²) in [6.45, 7) is 8.45. The van der Waals surface area contributed by atoms with Crippen molar-refractivity contribution < 1.29 is 0 Å². The Kier molecular flexibility index (Phi) is 3.78. The van der Waals surface area contributed by atoms with Gasteiger partial charge in [-0.3, -0.25) is 0 Å².